The van der Waals surface area contributed by atoms with Crippen LogP contribution >= 0.6 is 0 Å². The molecule has 0 spiro atoms. The first-order valence-corrected chi connectivity index (χ1v) is 14.1. The zero-order chi connectivity index (χ0) is 24.9. The number of carbonyl (C=O) groups is 1. The van der Waals surface area contributed by atoms with Crippen molar-refractivity contribution in [2.24, 2.45) is 0 Å². The van der Waals surface area contributed by atoms with Crippen molar-refractivity contribution in [2.45, 2.75) is 35.6 Å². The van der Waals surface area contributed by atoms with E-state index in [2.05, 4.69) is 5.32 Å². The summed E-state index contributed by atoms with van der Waals surface area (Å²) in [6, 6.07) is 17.1. The standard InChI is InChI=1S/C24H27N3O6S2/c28-24(25-20-8-3-1-4-9-20)19-27(18-21-10-7-17-33-21)35(31,32)23-13-11-22(12-14-23)34(29,30)26-15-5-2-6-16-26/h1,3-4,7-14,17H,2,5-6,15-16,18-19H2,(H,25,28). The van der Waals surface area contributed by atoms with Crippen LogP contribution in [-0.4, -0.2) is 51.0 Å². The predicted octanol–water partition coefficient (Wildman–Crippen LogP) is 3.28. The average Bonchev–Trinajstić information content (AvgIpc) is 3.38. The van der Waals surface area contributed by atoms with Crippen molar-refractivity contribution < 1.29 is 26.0 Å². The van der Waals surface area contributed by atoms with Crippen LogP contribution in [0.2, 0.25) is 0 Å². The molecule has 0 aliphatic carbocycles. The van der Waals surface area contributed by atoms with Crippen LogP contribution < -0.4 is 5.32 Å². The van der Waals surface area contributed by atoms with E-state index in [-0.39, 0.29) is 16.3 Å². The number of para-hydroxylation sites is 1. The van der Waals surface area contributed by atoms with Crippen LogP contribution in [0.4, 0.5) is 5.69 Å². The van der Waals surface area contributed by atoms with Crippen LogP contribution in [-0.2, 0) is 31.4 Å². The van der Waals surface area contributed by atoms with Gasteiger partial charge in [0.05, 0.1) is 29.1 Å². The van der Waals surface area contributed by atoms with Crippen molar-refractivity contribution in [1.82, 2.24) is 8.61 Å². The molecule has 186 valence electrons. The second-order valence-corrected chi connectivity index (χ2v) is 12.1. The number of carbonyl (C=O) groups excluding carboxylic acids is 1. The number of nitrogens with zero attached hydrogens (tertiary/aromatic N) is 2. The zero-order valence-electron chi connectivity index (χ0n) is 19.0. The highest BCUT2D eigenvalue weighted by Crippen LogP contribution is 2.24. The van der Waals surface area contributed by atoms with E-state index in [1.807, 2.05) is 0 Å². The number of anilines is 1. The molecule has 0 unspecified atom stereocenters. The van der Waals surface area contributed by atoms with Gasteiger partial charge in [0.15, 0.2) is 0 Å². The molecule has 3 aromatic rings. The van der Waals surface area contributed by atoms with Gasteiger partial charge in [-0.2, -0.15) is 8.61 Å². The number of hydrogen-bond acceptors (Lipinski definition) is 6. The molecule has 1 aliphatic heterocycles. The molecule has 11 heteroatoms. The van der Waals surface area contributed by atoms with E-state index in [1.165, 1.54) is 34.8 Å². The first-order valence-electron chi connectivity index (χ1n) is 11.2. The number of piperidine rings is 1. The summed E-state index contributed by atoms with van der Waals surface area (Å²) in [4.78, 5) is 12.6. The minimum absolute atomic E-state index is 0.0396. The third-order valence-corrected chi connectivity index (χ3v) is 9.42. The maximum atomic E-state index is 13.5. The molecule has 0 atom stereocenters. The minimum Gasteiger partial charge on any atom is -0.468 e. The number of sulfonamides is 2. The number of hydrogen-bond donors (Lipinski definition) is 1. The van der Waals surface area contributed by atoms with Gasteiger partial charge in [-0.05, 0) is 61.4 Å². The van der Waals surface area contributed by atoms with Gasteiger partial charge in [0.25, 0.3) is 0 Å². The molecule has 1 amide bonds. The predicted molar refractivity (Wildman–Crippen MR) is 130 cm³/mol. The third-order valence-electron chi connectivity index (χ3n) is 5.70. The molecule has 1 N–H and O–H groups in total. The lowest BCUT2D eigenvalue weighted by molar-refractivity contribution is -0.116. The Labute approximate surface area is 205 Å². The lowest BCUT2D eigenvalue weighted by Gasteiger charge is -2.26. The van der Waals surface area contributed by atoms with Crippen LogP contribution in [0.1, 0.15) is 25.0 Å². The van der Waals surface area contributed by atoms with Crippen LogP contribution in [0.3, 0.4) is 0 Å². The number of amides is 1. The molecule has 0 saturated carbocycles. The van der Waals surface area contributed by atoms with Gasteiger partial charge in [-0.1, -0.05) is 24.6 Å². The fourth-order valence-corrected chi connectivity index (χ4v) is 6.75. The van der Waals surface area contributed by atoms with Crippen molar-refractivity contribution in [3.05, 3.63) is 78.8 Å². The van der Waals surface area contributed by atoms with E-state index < -0.39 is 32.5 Å². The Bertz CT molecular complexity index is 1330. The summed E-state index contributed by atoms with van der Waals surface area (Å²) in [5.41, 5.74) is 0.542. The number of benzene rings is 2. The van der Waals surface area contributed by atoms with Crippen LogP contribution in [0, 0.1) is 0 Å². The number of furan rings is 1. The SMILES string of the molecule is O=C(CN(Cc1ccco1)S(=O)(=O)c1ccc(S(=O)(=O)N2CCCCC2)cc1)Nc1ccccc1. The molecule has 0 bridgehead atoms. The van der Waals surface area contributed by atoms with Gasteiger partial charge in [0.2, 0.25) is 26.0 Å². The van der Waals surface area contributed by atoms with Gasteiger partial charge in [-0.15, -0.1) is 0 Å². The first-order chi connectivity index (χ1) is 16.8. The average molecular weight is 518 g/mol. The van der Waals surface area contributed by atoms with Crippen molar-refractivity contribution >= 4 is 31.6 Å². The lowest BCUT2D eigenvalue weighted by Crippen LogP contribution is -2.37. The quantitative estimate of drug-likeness (QED) is 0.466. The Balaban J connectivity index is 1.56. The van der Waals surface area contributed by atoms with Gasteiger partial charge in [0, 0.05) is 18.8 Å². The van der Waals surface area contributed by atoms with Gasteiger partial charge >= 0.3 is 0 Å². The van der Waals surface area contributed by atoms with Crippen molar-refractivity contribution in [1.29, 1.82) is 0 Å². The van der Waals surface area contributed by atoms with Gasteiger partial charge in [0.1, 0.15) is 5.76 Å². The molecule has 2 heterocycles. The Morgan fingerprint density at radius 2 is 1.51 bits per heavy atom. The van der Waals surface area contributed by atoms with Crippen molar-refractivity contribution in [3.8, 4) is 0 Å². The maximum Gasteiger partial charge on any atom is 0.243 e. The zero-order valence-corrected chi connectivity index (χ0v) is 20.7. The fraction of sp³-hybridized carbons (Fsp3) is 0.292. The third kappa shape index (κ3) is 5.99. The Hall–Kier alpha value is -2.99. The van der Waals surface area contributed by atoms with E-state index in [9.17, 15) is 21.6 Å². The summed E-state index contributed by atoms with van der Waals surface area (Å²) in [5.74, 6) is -0.152. The van der Waals surface area contributed by atoms with Gasteiger partial charge in [-0.25, -0.2) is 16.8 Å². The van der Waals surface area contributed by atoms with Gasteiger partial charge < -0.3 is 9.73 Å². The summed E-state index contributed by atoms with van der Waals surface area (Å²) in [7, 11) is -7.84. The second-order valence-electron chi connectivity index (χ2n) is 8.20. The summed E-state index contributed by atoms with van der Waals surface area (Å²) < 4.78 is 60.5. The maximum absolute atomic E-state index is 13.5. The highest BCUT2D eigenvalue weighted by atomic mass is 32.2. The molecule has 35 heavy (non-hydrogen) atoms. The van der Waals surface area contributed by atoms with Gasteiger partial charge in [-0.3, -0.25) is 4.79 Å². The molecular formula is C24H27N3O6S2. The summed E-state index contributed by atoms with van der Waals surface area (Å²) in [6.07, 6.45) is 4.02. The summed E-state index contributed by atoms with van der Waals surface area (Å²) in [6.45, 7) is 0.294. The first kappa shape index (κ1) is 25.1. The molecule has 1 fully saturated rings. The Kier molecular flexibility index (Phi) is 7.70. The van der Waals surface area contributed by atoms with E-state index in [0.717, 1.165) is 23.6 Å². The topological polar surface area (TPSA) is 117 Å². The summed E-state index contributed by atoms with van der Waals surface area (Å²) in [5, 5.41) is 2.68. The molecular weight excluding hydrogens is 490 g/mol. The minimum atomic E-state index is -4.15. The molecule has 4 rings (SSSR count). The lowest BCUT2D eigenvalue weighted by atomic mass is 10.2. The van der Waals surface area contributed by atoms with Crippen molar-refractivity contribution in [2.75, 3.05) is 25.0 Å². The smallest absolute Gasteiger partial charge is 0.243 e. The van der Waals surface area contributed by atoms with Crippen LogP contribution in [0.15, 0.2) is 87.2 Å². The molecule has 1 aliphatic rings. The van der Waals surface area contributed by atoms with E-state index in [4.69, 9.17) is 4.42 Å². The second kappa shape index (κ2) is 10.7. The monoisotopic (exact) mass is 517 g/mol. The van der Waals surface area contributed by atoms with Crippen LogP contribution in [0.25, 0.3) is 0 Å². The van der Waals surface area contributed by atoms with E-state index in [0.29, 0.717) is 24.5 Å². The van der Waals surface area contributed by atoms with E-state index >= 15 is 0 Å². The van der Waals surface area contributed by atoms with Crippen molar-refractivity contribution in [3.63, 3.8) is 0 Å². The largest absolute Gasteiger partial charge is 0.468 e. The molecule has 1 aromatic heterocycles. The normalized spacial score (nSPS) is 15.2. The highest BCUT2D eigenvalue weighted by molar-refractivity contribution is 7.89. The highest BCUT2D eigenvalue weighted by Gasteiger charge is 2.30. The fourth-order valence-electron chi connectivity index (χ4n) is 3.87. The molecule has 1 saturated heterocycles. The molecule has 2 aromatic carbocycles. The molecule has 0 radical (unpaired) electrons. The number of nitrogens with one attached hydrogen (secondary N) is 1. The Morgan fingerprint density at radius 3 is 2.14 bits per heavy atom. The van der Waals surface area contributed by atoms with Crippen LogP contribution in [0.5, 0.6) is 0 Å². The molecule has 9 nitrogen and oxygen atoms in total. The van der Waals surface area contributed by atoms with E-state index in [1.54, 1.807) is 42.5 Å². The number of rotatable bonds is 9. The summed E-state index contributed by atoms with van der Waals surface area (Å²) >= 11 is 0. The Morgan fingerprint density at radius 1 is 0.857 bits per heavy atom.